The zero-order valence-corrected chi connectivity index (χ0v) is 10.1. The predicted octanol–water partition coefficient (Wildman–Crippen LogP) is 2.08. The fourth-order valence-electron chi connectivity index (χ4n) is 1.52. The Morgan fingerprint density at radius 1 is 1.05 bits per heavy atom. The van der Waals surface area contributed by atoms with Crippen molar-refractivity contribution in [3.63, 3.8) is 0 Å². The molecular weight excluding hydrogens is 240 g/mol. The van der Waals surface area contributed by atoms with Gasteiger partial charge in [-0.05, 0) is 35.9 Å². The second kappa shape index (κ2) is 5.73. The minimum atomic E-state index is -0.472. The third-order valence-electron chi connectivity index (χ3n) is 2.54. The quantitative estimate of drug-likeness (QED) is 0.668. The van der Waals surface area contributed by atoms with Crippen LogP contribution in [0.2, 0.25) is 0 Å². The Labute approximate surface area is 110 Å². The van der Waals surface area contributed by atoms with Crippen molar-refractivity contribution in [3.05, 3.63) is 71.6 Å². The fraction of sp³-hybridized carbons (Fsp3) is 0. The average Bonchev–Trinajstić information content (AvgIpc) is 2.46. The summed E-state index contributed by atoms with van der Waals surface area (Å²) in [4.78, 5) is 26.6. The molecule has 2 rings (SSSR count). The SMILES string of the molecule is NC(=O)c1ccc(C=CC(=O)c2ccccn2)cc1. The molecule has 0 spiro atoms. The normalized spacial score (nSPS) is 10.5. The Kier molecular flexibility index (Phi) is 3.83. The minimum Gasteiger partial charge on any atom is -0.366 e. The van der Waals surface area contributed by atoms with Gasteiger partial charge >= 0.3 is 0 Å². The molecule has 0 radical (unpaired) electrons. The van der Waals surface area contributed by atoms with E-state index in [-0.39, 0.29) is 5.78 Å². The number of pyridine rings is 1. The largest absolute Gasteiger partial charge is 0.366 e. The molecule has 2 aromatic rings. The van der Waals surface area contributed by atoms with E-state index in [0.29, 0.717) is 11.3 Å². The van der Waals surface area contributed by atoms with Crippen molar-refractivity contribution in [1.82, 2.24) is 4.98 Å². The first-order valence-corrected chi connectivity index (χ1v) is 5.70. The topological polar surface area (TPSA) is 73.1 Å². The molecule has 0 bridgehead atoms. The van der Waals surface area contributed by atoms with E-state index < -0.39 is 5.91 Å². The lowest BCUT2D eigenvalue weighted by Gasteiger charge is -1.97. The summed E-state index contributed by atoms with van der Waals surface area (Å²) < 4.78 is 0. The molecule has 19 heavy (non-hydrogen) atoms. The van der Waals surface area contributed by atoms with Gasteiger partial charge in [-0.2, -0.15) is 0 Å². The number of primary amides is 1. The summed E-state index contributed by atoms with van der Waals surface area (Å²) >= 11 is 0. The number of hydrogen-bond acceptors (Lipinski definition) is 3. The lowest BCUT2D eigenvalue weighted by molar-refractivity contribution is 0.0998. The molecule has 1 amide bonds. The summed E-state index contributed by atoms with van der Waals surface area (Å²) in [5, 5.41) is 0. The Morgan fingerprint density at radius 3 is 2.37 bits per heavy atom. The van der Waals surface area contributed by atoms with Crippen LogP contribution < -0.4 is 5.73 Å². The van der Waals surface area contributed by atoms with Gasteiger partial charge in [0.15, 0.2) is 0 Å². The van der Waals surface area contributed by atoms with Gasteiger partial charge < -0.3 is 5.73 Å². The van der Waals surface area contributed by atoms with E-state index >= 15 is 0 Å². The van der Waals surface area contributed by atoms with Gasteiger partial charge in [0, 0.05) is 11.8 Å². The maximum absolute atomic E-state index is 11.8. The first-order chi connectivity index (χ1) is 9.16. The fourth-order valence-corrected chi connectivity index (χ4v) is 1.52. The Morgan fingerprint density at radius 2 is 1.79 bits per heavy atom. The molecule has 1 aromatic carbocycles. The predicted molar refractivity (Wildman–Crippen MR) is 72.6 cm³/mol. The molecular formula is C15H12N2O2. The van der Waals surface area contributed by atoms with E-state index in [1.807, 2.05) is 0 Å². The highest BCUT2D eigenvalue weighted by Gasteiger charge is 2.02. The molecule has 0 unspecified atom stereocenters. The second-order valence-electron chi connectivity index (χ2n) is 3.90. The molecule has 0 aliphatic rings. The standard InChI is InChI=1S/C15H12N2O2/c16-15(19)12-7-4-11(5-8-12)6-9-14(18)13-3-1-2-10-17-13/h1-10H,(H2,16,19). The number of rotatable bonds is 4. The van der Waals surface area contributed by atoms with Crippen molar-refractivity contribution in [2.24, 2.45) is 5.73 Å². The maximum atomic E-state index is 11.8. The van der Waals surface area contributed by atoms with E-state index in [1.54, 1.807) is 54.7 Å². The van der Waals surface area contributed by atoms with Gasteiger partial charge in [-0.1, -0.05) is 24.3 Å². The molecule has 0 saturated carbocycles. The number of ketones is 1. The highest BCUT2D eigenvalue weighted by atomic mass is 16.1. The van der Waals surface area contributed by atoms with Crippen LogP contribution in [-0.4, -0.2) is 16.7 Å². The lowest BCUT2D eigenvalue weighted by atomic mass is 10.1. The van der Waals surface area contributed by atoms with Gasteiger partial charge in [-0.3, -0.25) is 14.6 Å². The molecule has 2 N–H and O–H groups in total. The van der Waals surface area contributed by atoms with Crippen LogP contribution in [0.1, 0.15) is 26.4 Å². The number of allylic oxidation sites excluding steroid dienone is 1. The Bertz CT molecular complexity index is 616. The third-order valence-corrected chi connectivity index (χ3v) is 2.54. The number of aromatic nitrogens is 1. The van der Waals surface area contributed by atoms with Gasteiger partial charge in [0.05, 0.1) is 0 Å². The van der Waals surface area contributed by atoms with Crippen LogP contribution >= 0.6 is 0 Å². The molecule has 0 atom stereocenters. The van der Waals surface area contributed by atoms with Crippen molar-refractivity contribution in [1.29, 1.82) is 0 Å². The maximum Gasteiger partial charge on any atom is 0.248 e. The van der Waals surface area contributed by atoms with Gasteiger partial charge in [0.1, 0.15) is 5.69 Å². The number of nitrogens with two attached hydrogens (primary N) is 1. The van der Waals surface area contributed by atoms with Crippen molar-refractivity contribution in [2.75, 3.05) is 0 Å². The van der Waals surface area contributed by atoms with Crippen LogP contribution in [0.25, 0.3) is 6.08 Å². The smallest absolute Gasteiger partial charge is 0.248 e. The van der Waals surface area contributed by atoms with Crippen molar-refractivity contribution in [2.45, 2.75) is 0 Å². The van der Waals surface area contributed by atoms with Gasteiger partial charge in [0.2, 0.25) is 11.7 Å². The number of hydrogen-bond donors (Lipinski definition) is 1. The van der Waals surface area contributed by atoms with Crippen LogP contribution in [0.4, 0.5) is 0 Å². The summed E-state index contributed by atoms with van der Waals surface area (Å²) in [6.07, 6.45) is 4.69. The number of amides is 1. The average molecular weight is 252 g/mol. The van der Waals surface area contributed by atoms with Gasteiger partial charge in [-0.25, -0.2) is 0 Å². The molecule has 1 heterocycles. The lowest BCUT2D eigenvalue weighted by Crippen LogP contribution is -2.10. The summed E-state index contributed by atoms with van der Waals surface area (Å²) in [7, 11) is 0. The molecule has 4 nitrogen and oxygen atoms in total. The van der Waals surface area contributed by atoms with Crippen LogP contribution in [0.3, 0.4) is 0 Å². The van der Waals surface area contributed by atoms with E-state index in [9.17, 15) is 9.59 Å². The van der Waals surface area contributed by atoms with Crippen molar-refractivity contribution >= 4 is 17.8 Å². The van der Waals surface area contributed by atoms with Crippen LogP contribution in [0.5, 0.6) is 0 Å². The Hall–Kier alpha value is -2.75. The summed E-state index contributed by atoms with van der Waals surface area (Å²) in [5.74, 6) is -0.639. The zero-order chi connectivity index (χ0) is 13.7. The number of carbonyl (C=O) groups is 2. The first-order valence-electron chi connectivity index (χ1n) is 5.70. The van der Waals surface area contributed by atoms with E-state index in [1.165, 1.54) is 6.08 Å². The van der Waals surface area contributed by atoms with Gasteiger partial charge in [-0.15, -0.1) is 0 Å². The van der Waals surface area contributed by atoms with E-state index in [0.717, 1.165) is 5.56 Å². The monoisotopic (exact) mass is 252 g/mol. The molecule has 0 aliphatic carbocycles. The highest BCUT2D eigenvalue weighted by molar-refractivity contribution is 6.05. The van der Waals surface area contributed by atoms with Crippen LogP contribution in [0, 0.1) is 0 Å². The third kappa shape index (κ3) is 3.35. The Balaban J connectivity index is 2.10. The minimum absolute atomic E-state index is 0.167. The highest BCUT2D eigenvalue weighted by Crippen LogP contribution is 2.07. The second-order valence-corrected chi connectivity index (χ2v) is 3.90. The number of nitrogens with zero attached hydrogens (tertiary/aromatic N) is 1. The van der Waals surface area contributed by atoms with Crippen LogP contribution in [-0.2, 0) is 0 Å². The molecule has 0 saturated heterocycles. The zero-order valence-electron chi connectivity index (χ0n) is 10.1. The summed E-state index contributed by atoms with van der Waals surface area (Å²) in [6, 6.07) is 11.9. The number of benzene rings is 1. The van der Waals surface area contributed by atoms with Crippen molar-refractivity contribution in [3.8, 4) is 0 Å². The molecule has 0 aliphatic heterocycles. The molecule has 94 valence electrons. The molecule has 4 heteroatoms. The van der Waals surface area contributed by atoms with Crippen LogP contribution in [0.15, 0.2) is 54.7 Å². The van der Waals surface area contributed by atoms with Gasteiger partial charge in [0.25, 0.3) is 0 Å². The van der Waals surface area contributed by atoms with E-state index in [2.05, 4.69) is 4.98 Å². The van der Waals surface area contributed by atoms with E-state index in [4.69, 9.17) is 5.73 Å². The first kappa shape index (κ1) is 12.7. The van der Waals surface area contributed by atoms with Crippen molar-refractivity contribution < 1.29 is 9.59 Å². The summed E-state index contributed by atoms with van der Waals surface area (Å²) in [5.41, 5.74) is 6.79. The summed E-state index contributed by atoms with van der Waals surface area (Å²) in [6.45, 7) is 0. The number of carbonyl (C=O) groups excluding carboxylic acids is 2. The molecule has 0 fully saturated rings. The molecule has 1 aromatic heterocycles.